The highest BCUT2D eigenvalue weighted by molar-refractivity contribution is 5.86. The lowest BCUT2D eigenvalue weighted by atomic mass is 9.87. The molecule has 44 heavy (non-hydrogen) atoms. The van der Waals surface area contributed by atoms with E-state index >= 15 is 0 Å². The molecule has 0 aromatic carbocycles. The van der Waals surface area contributed by atoms with Crippen LogP contribution in [-0.4, -0.2) is 77.5 Å². The van der Waals surface area contributed by atoms with E-state index in [1.807, 2.05) is 34.6 Å². The molecule has 0 amide bonds. The van der Waals surface area contributed by atoms with Crippen molar-refractivity contribution in [3.63, 3.8) is 0 Å². The van der Waals surface area contributed by atoms with Gasteiger partial charge in [0.1, 0.15) is 11.8 Å². The standard InChI is InChI=1S/C12H20O3.C11H19NO3.C11H16O3/c1-3-15-11(13)9-4-5-10-8(9)6-7-12(10,2)14;1-3-15-10(13)9-7-4-5-11(2,14)8(7)6-12-9;1-2-14-11(13)9-4-3-8-7(9)5-6-10(8)12/h8-10,14H,3-7H2,1-2H3;7-9,12,14H,3-6H2,1-2H3;7-9H,2-6H2,1H3/t8-,9+,10+,12-;7-,8-,9-,11+;7-,8-,9-/m100/s1. The van der Waals surface area contributed by atoms with Crippen LogP contribution in [0, 0.1) is 47.3 Å². The zero-order valence-electron chi connectivity index (χ0n) is 27.3. The molecule has 6 aliphatic rings. The van der Waals surface area contributed by atoms with Crippen LogP contribution in [0.5, 0.6) is 0 Å². The zero-order chi connectivity index (χ0) is 32.2. The second kappa shape index (κ2) is 14.6. The van der Waals surface area contributed by atoms with Gasteiger partial charge in [-0.3, -0.25) is 19.2 Å². The van der Waals surface area contributed by atoms with Crippen LogP contribution in [0.4, 0.5) is 0 Å². The average Bonchev–Trinajstić information content (AvgIpc) is 3.79. The molecule has 3 N–H and O–H groups in total. The van der Waals surface area contributed by atoms with E-state index in [1.54, 1.807) is 0 Å². The molecule has 0 aromatic heterocycles. The van der Waals surface area contributed by atoms with Crippen LogP contribution in [0.1, 0.15) is 98.8 Å². The van der Waals surface area contributed by atoms with E-state index in [2.05, 4.69) is 5.32 Å². The maximum atomic E-state index is 11.7. The van der Waals surface area contributed by atoms with E-state index in [9.17, 15) is 29.4 Å². The molecule has 1 saturated heterocycles. The van der Waals surface area contributed by atoms with Crippen molar-refractivity contribution < 1.29 is 43.6 Å². The van der Waals surface area contributed by atoms with Gasteiger partial charge >= 0.3 is 17.9 Å². The molecule has 0 aromatic rings. The minimum Gasteiger partial charge on any atom is -0.466 e. The van der Waals surface area contributed by atoms with E-state index in [-0.39, 0.29) is 53.5 Å². The first-order valence-corrected chi connectivity index (χ1v) is 17.1. The number of carbonyl (C=O) groups excluding carboxylic acids is 4. The Morgan fingerprint density at radius 1 is 0.705 bits per heavy atom. The zero-order valence-corrected chi connectivity index (χ0v) is 27.3. The summed E-state index contributed by atoms with van der Waals surface area (Å²) in [5.74, 6) is 1.69. The van der Waals surface area contributed by atoms with Crippen LogP contribution < -0.4 is 5.32 Å². The number of ketones is 1. The number of ether oxygens (including phenoxy) is 3. The van der Waals surface area contributed by atoms with Crippen molar-refractivity contribution in [3.05, 3.63) is 0 Å². The summed E-state index contributed by atoms with van der Waals surface area (Å²) in [7, 11) is 0. The maximum absolute atomic E-state index is 11.7. The smallest absolute Gasteiger partial charge is 0.323 e. The number of esters is 3. The fourth-order valence-corrected chi connectivity index (χ4v) is 9.31. The van der Waals surface area contributed by atoms with Crippen LogP contribution in [-0.2, 0) is 33.4 Å². The molecule has 250 valence electrons. The molecule has 0 spiro atoms. The first kappa shape index (κ1) is 34.8. The van der Waals surface area contributed by atoms with Gasteiger partial charge in [0.15, 0.2) is 0 Å². The topological polar surface area (TPSA) is 148 Å². The van der Waals surface area contributed by atoms with Crippen molar-refractivity contribution >= 4 is 23.7 Å². The normalized spacial score (nSPS) is 41.4. The Morgan fingerprint density at radius 2 is 1.23 bits per heavy atom. The van der Waals surface area contributed by atoms with Crippen LogP contribution in [0.15, 0.2) is 0 Å². The van der Waals surface area contributed by atoms with Crippen molar-refractivity contribution in [2.45, 2.75) is 116 Å². The fourth-order valence-electron chi connectivity index (χ4n) is 9.31. The van der Waals surface area contributed by atoms with Gasteiger partial charge < -0.3 is 29.7 Å². The summed E-state index contributed by atoms with van der Waals surface area (Å²) in [6.07, 6.45) is 8.68. The summed E-state index contributed by atoms with van der Waals surface area (Å²) in [5.41, 5.74) is -1.16. The lowest BCUT2D eigenvalue weighted by molar-refractivity contribution is -0.150. The largest absolute Gasteiger partial charge is 0.466 e. The van der Waals surface area contributed by atoms with Gasteiger partial charge in [-0.2, -0.15) is 0 Å². The summed E-state index contributed by atoms with van der Waals surface area (Å²) in [5, 5.41) is 23.4. The molecule has 0 unspecified atom stereocenters. The Balaban J connectivity index is 0.000000151. The maximum Gasteiger partial charge on any atom is 0.323 e. The summed E-state index contributed by atoms with van der Waals surface area (Å²) >= 11 is 0. The molecule has 0 radical (unpaired) electrons. The first-order chi connectivity index (χ1) is 20.9. The third-order valence-electron chi connectivity index (χ3n) is 11.6. The van der Waals surface area contributed by atoms with E-state index in [4.69, 9.17) is 14.2 Å². The van der Waals surface area contributed by atoms with E-state index in [0.717, 1.165) is 64.3 Å². The Hall–Kier alpha value is -2.04. The van der Waals surface area contributed by atoms with Gasteiger partial charge in [0.05, 0.1) is 42.9 Å². The minimum absolute atomic E-state index is 0.00593. The summed E-state index contributed by atoms with van der Waals surface area (Å²) in [6.45, 7) is 11.3. The van der Waals surface area contributed by atoms with Gasteiger partial charge in [-0.15, -0.1) is 0 Å². The third-order valence-corrected chi connectivity index (χ3v) is 11.6. The second-order valence-corrected chi connectivity index (χ2v) is 14.1. The molecule has 1 heterocycles. The number of rotatable bonds is 6. The van der Waals surface area contributed by atoms with Crippen LogP contribution in [0.3, 0.4) is 0 Å². The Bertz CT molecular complexity index is 988. The van der Waals surface area contributed by atoms with E-state index in [1.165, 1.54) is 0 Å². The molecule has 5 aliphatic carbocycles. The molecule has 6 rings (SSSR count). The number of carbonyl (C=O) groups is 4. The number of aliphatic hydroxyl groups is 2. The van der Waals surface area contributed by atoms with Crippen molar-refractivity contribution in [3.8, 4) is 0 Å². The lowest BCUT2D eigenvalue weighted by Crippen LogP contribution is -2.37. The second-order valence-electron chi connectivity index (χ2n) is 14.1. The van der Waals surface area contributed by atoms with Crippen molar-refractivity contribution in [1.82, 2.24) is 5.32 Å². The quantitative estimate of drug-likeness (QED) is 0.297. The molecule has 11 atom stereocenters. The van der Waals surface area contributed by atoms with Gasteiger partial charge in [-0.1, -0.05) is 0 Å². The molecule has 1 aliphatic heterocycles. The molecular formula is C34H55NO9. The third kappa shape index (κ3) is 7.33. The summed E-state index contributed by atoms with van der Waals surface area (Å²) in [4.78, 5) is 46.3. The van der Waals surface area contributed by atoms with Gasteiger partial charge in [0, 0.05) is 24.8 Å². The SMILES string of the molecule is CCOC(=O)[C@H]1CC[C@@H]2C(=O)CC[C@@H]21.CCOC(=O)[C@H]1CC[C@H]2[C@@H]1CC[C@@]2(C)O.CCOC(=O)[C@H]1NC[C@H]2[C@@H]1CC[C@@]2(C)O. The van der Waals surface area contributed by atoms with Crippen molar-refractivity contribution in [2.75, 3.05) is 26.4 Å². The monoisotopic (exact) mass is 621 g/mol. The highest BCUT2D eigenvalue weighted by Gasteiger charge is 2.54. The van der Waals surface area contributed by atoms with Gasteiger partial charge in [-0.05, 0) is 116 Å². The first-order valence-electron chi connectivity index (χ1n) is 17.1. The molecule has 10 nitrogen and oxygen atoms in total. The average molecular weight is 622 g/mol. The summed E-state index contributed by atoms with van der Waals surface area (Å²) < 4.78 is 15.1. The predicted octanol–water partition coefficient (Wildman–Crippen LogP) is 3.59. The highest BCUT2D eigenvalue weighted by Crippen LogP contribution is 2.53. The van der Waals surface area contributed by atoms with E-state index in [0.29, 0.717) is 49.8 Å². The van der Waals surface area contributed by atoms with E-state index < -0.39 is 11.2 Å². The van der Waals surface area contributed by atoms with Crippen molar-refractivity contribution in [2.24, 2.45) is 47.3 Å². The predicted molar refractivity (Wildman–Crippen MR) is 162 cm³/mol. The van der Waals surface area contributed by atoms with Crippen LogP contribution in [0.2, 0.25) is 0 Å². The highest BCUT2D eigenvalue weighted by atomic mass is 16.5. The molecule has 6 fully saturated rings. The Labute approximate surface area is 262 Å². The number of hydrogen-bond acceptors (Lipinski definition) is 10. The number of nitrogens with one attached hydrogen (secondary N) is 1. The van der Waals surface area contributed by atoms with Crippen LogP contribution in [0.25, 0.3) is 0 Å². The number of Topliss-reactive ketones (excluding diaryl/α,β-unsaturated/α-hetero) is 1. The number of fused-ring (bicyclic) bond motifs is 3. The van der Waals surface area contributed by atoms with Gasteiger partial charge in [0.25, 0.3) is 0 Å². The fraction of sp³-hybridized carbons (Fsp3) is 0.882. The molecule has 0 bridgehead atoms. The number of hydrogen-bond donors (Lipinski definition) is 3. The Kier molecular flexibility index (Phi) is 11.5. The minimum atomic E-state index is -0.612. The lowest BCUT2D eigenvalue weighted by Gasteiger charge is -2.24. The molecular weight excluding hydrogens is 566 g/mol. The summed E-state index contributed by atoms with van der Waals surface area (Å²) in [6, 6.07) is -0.205. The van der Waals surface area contributed by atoms with Crippen molar-refractivity contribution in [1.29, 1.82) is 0 Å². The Morgan fingerprint density at radius 3 is 1.84 bits per heavy atom. The van der Waals surface area contributed by atoms with Gasteiger partial charge in [-0.25, -0.2) is 0 Å². The van der Waals surface area contributed by atoms with Crippen LogP contribution >= 0.6 is 0 Å². The molecule has 10 heteroatoms. The van der Waals surface area contributed by atoms with Gasteiger partial charge in [0.2, 0.25) is 0 Å². The molecule has 5 saturated carbocycles.